The standard InChI is InChI=1S/C17H26N4O3/c1-12(17(24)20-13(2)22)14-3-5-15(6-4-14)19-11-16(23)21-9-7-18-8-10-21/h3,5,12,18-19H,4,6-11H2,1-2H3,(H,20,22,24). The summed E-state index contributed by atoms with van der Waals surface area (Å²) in [6.07, 6.45) is 5.33. The number of imide groups is 1. The molecule has 0 saturated carbocycles. The first-order chi connectivity index (χ1) is 11.5. The first-order valence-electron chi connectivity index (χ1n) is 8.41. The van der Waals surface area contributed by atoms with E-state index in [1.807, 2.05) is 17.1 Å². The third kappa shape index (κ3) is 5.19. The first kappa shape index (κ1) is 18.2. The molecule has 24 heavy (non-hydrogen) atoms. The maximum absolute atomic E-state index is 12.1. The van der Waals surface area contributed by atoms with Crippen LogP contribution in [0.15, 0.2) is 23.4 Å². The second-order valence-corrected chi connectivity index (χ2v) is 6.18. The molecule has 0 aromatic rings. The van der Waals surface area contributed by atoms with Gasteiger partial charge in [0.1, 0.15) is 0 Å². The molecule has 2 aliphatic rings. The molecule has 1 saturated heterocycles. The molecule has 1 heterocycles. The molecule has 7 nitrogen and oxygen atoms in total. The normalized spacial score (nSPS) is 19.0. The number of carbonyl (C=O) groups excluding carboxylic acids is 3. The predicted molar refractivity (Wildman–Crippen MR) is 90.8 cm³/mol. The fourth-order valence-corrected chi connectivity index (χ4v) is 2.83. The molecule has 0 aromatic carbocycles. The van der Waals surface area contributed by atoms with Gasteiger partial charge >= 0.3 is 0 Å². The topological polar surface area (TPSA) is 90.5 Å². The third-order valence-corrected chi connectivity index (χ3v) is 4.37. The minimum Gasteiger partial charge on any atom is -0.380 e. The molecule has 0 radical (unpaired) electrons. The molecule has 1 aliphatic carbocycles. The molecular formula is C17H26N4O3. The van der Waals surface area contributed by atoms with Gasteiger partial charge in [-0.15, -0.1) is 0 Å². The molecule has 3 N–H and O–H groups in total. The Morgan fingerprint density at radius 1 is 1.21 bits per heavy atom. The SMILES string of the molecule is CC(=O)NC(=O)C(C)C1=CC=C(NCC(=O)N2CCNCC2)CC1. The lowest BCUT2D eigenvalue weighted by Gasteiger charge is -2.28. The van der Waals surface area contributed by atoms with E-state index in [1.165, 1.54) is 6.92 Å². The minimum absolute atomic E-state index is 0.112. The van der Waals surface area contributed by atoms with Gasteiger partial charge in [-0.3, -0.25) is 19.7 Å². The van der Waals surface area contributed by atoms with Gasteiger partial charge in [-0.25, -0.2) is 0 Å². The van der Waals surface area contributed by atoms with E-state index < -0.39 is 0 Å². The second kappa shape index (κ2) is 8.63. The fourth-order valence-electron chi connectivity index (χ4n) is 2.83. The molecule has 1 fully saturated rings. The van der Waals surface area contributed by atoms with E-state index in [-0.39, 0.29) is 23.6 Å². The summed E-state index contributed by atoms with van der Waals surface area (Å²) in [7, 11) is 0. The van der Waals surface area contributed by atoms with Crippen molar-refractivity contribution in [2.75, 3.05) is 32.7 Å². The van der Waals surface area contributed by atoms with Gasteiger partial charge in [-0.05, 0) is 25.8 Å². The number of allylic oxidation sites excluding steroid dienone is 3. The third-order valence-electron chi connectivity index (χ3n) is 4.37. The van der Waals surface area contributed by atoms with Crippen LogP contribution in [0.25, 0.3) is 0 Å². The Hall–Kier alpha value is -2.15. The number of rotatable bonds is 5. The average molecular weight is 334 g/mol. The van der Waals surface area contributed by atoms with Crippen LogP contribution in [0.1, 0.15) is 26.7 Å². The fraction of sp³-hybridized carbons (Fsp3) is 0.588. The molecule has 132 valence electrons. The van der Waals surface area contributed by atoms with Crippen molar-refractivity contribution in [2.45, 2.75) is 26.7 Å². The Morgan fingerprint density at radius 2 is 1.92 bits per heavy atom. The molecule has 2 rings (SSSR count). The highest BCUT2D eigenvalue weighted by molar-refractivity contribution is 5.96. The van der Waals surface area contributed by atoms with Crippen molar-refractivity contribution < 1.29 is 14.4 Å². The largest absolute Gasteiger partial charge is 0.380 e. The van der Waals surface area contributed by atoms with E-state index in [0.717, 1.165) is 50.3 Å². The summed E-state index contributed by atoms with van der Waals surface area (Å²) in [5, 5.41) is 8.73. The molecule has 3 amide bonds. The van der Waals surface area contributed by atoms with Crippen LogP contribution in [0.3, 0.4) is 0 Å². The smallest absolute Gasteiger partial charge is 0.241 e. The van der Waals surface area contributed by atoms with Crippen LogP contribution < -0.4 is 16.0 Å². The molecule has 7 heteroatoms. The van der Waals surface area contributed by atoms with Crippen LogP contribution in [-0.4, -0.2) is 55.3 Å². The summed E-state index contributed by atoms with van der Waals surface area (Å²) in [6.45, 7) is 6.64. The van der Waals surface area contributed by atoms with E-state index in [1.54, 1.807) is 6.92 Å². The Labute approximate surface area is 142 Å². The van der Waals surface area contributed by atoms with E-state index in [0.29, 0.717) is 6.54 Å². The summed E-state index contributed by atoms with van der Waals surface area (Å²) < 4.78 is 0. The van der Waals surface area contributed by atoms with Gasteiger partial charge < -0.3 is 15.5 Å². The monoisotopic (exact) mass is 334 g/mol. The van der Waals surface area contributed by atoms with Gasteiger partial charge in [0.15, 0.2) is 0 Å². The lowest BCUT2D eigenvalue weighted by atomic mass is 9.91. The maximum atomic E-state index is 12.1. The number of carbonyl (C=O) groups is 3. The minimum atomic E-state index is -0.340. The van der Waals surface area contributed by atoms with Gasteiger partial charge in [-0.1, -0.05) is 11.6 Å². The molecule has 1 atom stereocenters. The van der Waals surface area contributed by atoms with Gasteiger partial charge in [0.05, 0.1) is 12.5 Å². The summed E-state index contributed by atoms with van der Waals surface area (Å²) in [5.74, 6) is -0.824. The van der Waals surface area contributed by atoms with Crippen molar-refractivity contribution in [1.82, 2.24) is 20.9 Å². The number of nitrogens with zero attached hydrogens (tertiary/aromatic N) is 1. The van der Waals surface area contributed by atoms with E-state index >= 15 is 0 Å². The number of hydrogen-bond acceptors (Lipinski definition) is 5. The van der Waals surface area contributed by atoms with Crippen molar-refractivity contribution in [1.29, 1.82) is 0 Å². The highest BCUT2D eigenvalue weighted by Crippen LogP contribution is 2.23. The Balaban J connectivity index is 1.82. The lowest BCUT2D eigenvalue weighted by molar-refractivity contribution is -0.131. The Morgan fingerprint density at radius 3 is 2.50 bits per heavy atom. The van der Waals surface area contributed by atoms with Crippen molar-refractivity contribution in [3.05, 3.63) is 23.4 Å². The van der Waals surface area contributed by atoms with Crippen molar-refractivity contribution >= 4 is 17.7 Å². The molecule has 0 bridgehead atoms. The number of piperazine rings is 1. The molecule has 0 spiro atoms. The number of amides is 3. The zero-order valence-corrected chi connectivity index (χ0v) is 14.4. The van der Waals surface area contributed by atoms with Crippen LogP contribution >= 0.6 is 0 Å². The van der Waals surface area contributed by atoms with Crippen LogP contribution in [0.4, 0.5) is 0 Å². The summed E-state index contributed by atoms with van der Waals surface area (Å²) in [6, 6.07) is 0. The Kier molecular flexibility index (Phi) is 6.54. The van der Waals surface area contributed by atoms with Gasteiger partial charge in [0.2, 0.25) is 17.7 Å². The summed E-state index contributed by atoms with van der Waals surface area (Å²) >= 11 is 0. The van der Waals surface area contributed by atoms with Gasteiger partial charge in [0, 0.05) is 38.8 Å². The van der Waals surface area contributed by atoms with Gasteiger partial charge in [0.25, 0.3) is 0 Å². The van der Waals surface area contributed by atoms with E-state index in [4.69, 9.17) is 0 Å². The average Bonchev–Trinajstić information content (AvgIpc) is 2.59. The summed E-state index contributed by atoms with van der Waals surface area (Å²) in [4.78, 5) is 36.8. The quantitative estimate of drug-likeness (QED) is 0.654. The maximum Gasteiger partial charge on any atom is 0.241 e. The highest BCUT2D eigenvalue weighted by atomic mass is 16.2. The summed E-state index contributed by atoms with van der Waals surface area (Å²) in [5.41, 5.74) is 1.99. The second-order valence-electron chi connectivity index (χ2n) is 6.18. The lowest BCUT2D eigenvalue weighted by Crippen LogP contribution is -2.48. The van der Waals surface area contributed by atoms with Crippen molar-refractivity contribution in [2.24, 2.45) is 5.92 Å². The van der Waals surface area contributed by atoms with Crippen LogP contribution in [0, 0.1) is 5.92 Å². The van der Waals surface area contributed by atoms with Gasteiger partial charge in [-0.2, -0.15) is 0 Å². The molecule has 0 aromatic heterocycles. The number of nitrogens with one attached hydrogen (secondary N) is 3. The van der Waals surface area contributed by atoms with Crippen LogP contribution in [-0.2, 0) is 14.4 Å². The first-order valence-corrected chi connectivity index (χ1v) is 8.41. The molecular weight excluding hydrogens is 308 g/mol. The molecule has 1 unspecified atom stereocenters. The zero-order chi connectivity index (χ0) is 17.5. The Bertz CT molecular complexity index is 562. The van der Waals surface area contributed by atoms with Crippen molar-refractivity contribution in [3.8, 4) is 0 Å². The zero-order valence-electron chi connectivity index (χ0n) is 14.4. The highest BCUT2D eigenvalue weighted by Gasteiger charge is 2.21. The molecule has 1 aliphatic heterocycles. The number of hydrogen-bond donors (Lipinski definition) is 3. The van der Waals surface area contributed by atoms with Crippen LogP contribution in [0.2, 0.25) is 0 Å². The van der Waals surface area contributed by atoms with Crippen LogP contribution in [0.5, 0.6) is 0 Å². The predicted octanol–water partition coefficient (Wildman–Crippen LogP) is -0.0893. The van der Waals surface area contributed by atoms with E-state index in [9.17, 15) is 14.4 Å². The van der Waals surface area contributed by atoms with Crippen molar-refractivity contribution in [3.63, 3.8) is 0 Å². The van der Waals surface area contributed by atoms with E-state index in [2.05, 4.69) is 16.0 Å².